The molecular weight excluding hydrogens is 246 g/mol. The molecule has 0 spiro atoms. The summed E-state index contributed by atoms with van der Waals surface area (Å²) in [4.78, 5) is 11.5. The molecule has 0 bridgehead atoms. The van der Waals surface area contributed by atoms with E-state index in [9.17, 15) is 4.79 Å². The molecule has 4 heteroatoms. The predicted molar refractivity (Wildman–Crippen MR) is 74.2 cm³/mol. The van der Waals surface area contributed by atoms with Gasteiger partial charge in [-0.1, -0.05) is 19.3 Å². The standard InChI is InChI=1S/C14H21NO2S/c1-10(11-5-3-2-4-6-11)15-9-12-7-8-18-13(12)14(16)17/h7-8,10-11,15H,2-6,9H2,1H3,(H,16,17)/t10-/m0/s1. The molecule has 1 aromatic rings. The molecule has 1 aromatic heterocycles. The van der Waals surface area contributed by atoms with Crippen LogP contribution in [0, 0.1) is 5.92 Å². The van der Waals surface area contributed by atoms with Gasteiger partial charge in [0, 0.05) is 12.6 Å². The first-order valence-corrected chi connectivity index (χ1v) is 7.59. The first kappa shape index (κ1) is 13.6. The Kier molecular flexibility index (Phi) is 4.78. The van der Waals surface area contributed by atoms with Gasteiger partial charge in [-0.3, -0.25) is 0 Å². The summed E-state index contributed by atoms with van der Waals surface area (Å²) in [6, 6.07) is 2.39. The smallest absolute Gasteiger partial charge is 0.346 e. The van der Waals surface area contributed by atoms with Crippen LogP contribution in [0.3, 0.4) is 0 Å². The van der Waals surface area contributed by atoms with Crippen LogP contribution < -0.4 is 5.32 Å². The molecule has 0 radical (unpaired) electrons. The van der Waals surface area contributed by atoms with Gasteiger partial charge in [0.2, 0.25) is 0 Å². The maximum atomic E-state index is 11.0. The van der Waals surface area contributed by atoms with Crippen LogP contribution in [0.1, 0.15) is 54.3 Å². The summed E-state index contributed by atoms with van der Waals surface area (Å²) < 4.78 is 0. The number of carboxylic acid groups (broad SMARTS) is 1. The average molecular weight is 267 g/mol. The fourth-order valence-corrected chi connectivity index (χ4v) is 3.50. The van der Waals surface area contributed by atoms with Crippen molar-refractivity contribution < 1.29 is 9.90 Å². The molecule has 18 heavy (non-hydrogen) atoms. The van der Waals surface area contributed by atoms with Gasteiger partial charge in [-0.2, -0.15) is 0 Å². The highest BCUT2D eigenvalue weighted by molar-refractivity contribution is 7.12. The van der Waals surface area contributed by atoms with Gasteiger partial charge < -0.3 is 10.4 Å². The van der Waals surface area contributed by atoms with Crippen molar-refractivity contribution in [2.45, 2.75) is 51.6 Å². The lowest BCUT2D eigenvalue weighted by molar-refractivity contribution is 0.0701. The van der Waals surface area contributed by atoms with Gasteiger partial charge in [-0.25, -0.2) is 4.79 Å². The van der Waals surface area contributed by atoms with E-state index in [0.29, 0.717) is 17.5 Å². The molecule has 0 aromatic carbocycles. The summed E-state index contributed by atoms with van der Waals surface area (Å²) in [5.41, 5.74) is 0.912. The van der Waals surface area contributed by atoms with Crippen molar-refractivity contribution >= 4 is 17.3 Å². The summed E-state index contributed by atoms with van der Waals surface area (Å²) in [6.45, 7) is 2.89. The normalized spacial score (nSPS) is 18.7. The van der Waals surface area contributed by atoms with Gasteiger partial charge in [0.1, 0.15) is 4.88 Å². The number of hydrogen-bond acceptors (Lipinski definition) is 3. The van der Waals surface area contributed by atoms with Gasteiger partial charge in [-0.05, 0) is 42.7 Å². The first-order valence-electron chi connectivity index (χ1n) is 6.71. The van der Waals surface area contributed by atoms with Gasteiger partial charge in [0.15, 0.2) is 0 Å². The fraction of sp³-hybridized carbons (Fsp3) is 0.643. The first-order chi connectivity index (χ1) is 8.68. The van der Waals surface area contributed by atoms with Crippen molar-refractivity contribution in [2.24, 2.45) is 5.92 Å². The Morgan fingerprint density at radius 3 is 2.89 bits per heavy atom. The summed E-state index contributed by atoms with van der Waals surface area (Å²) in [5, 5.41) is 14.4. The second-order valence-corrected chi connectivity index (χ2v) is 6.06. The molecule has 0 saturated heterocycles. The number of nitrogens with one attached hydrogen (secondary N) is 1. The average Bonchev–Trinajstić information content (AvgIpc) is 2.85. The van der Waals surface area contributed by atoms with E-state index >= 15 is 0 Å². The minimum Gasteiger partial charge on any atom is -0.477 e. The van der Waals surface area contributed by atoms with Crippen LogP contribution >= 0.6 is 11.3 Å². The molecule has 100 valence electrons. The van der Waals surface area contributed by atoms with Crippen LogP contribution in [0.4, 0.5) is 0 Å². The zero-order valence-electron chi connectivity index (χ0n) is 10.8. The largest absolute Gasteiger partial charge is 0.477 e. The topological polar surface area (TPSA) is 49.3 Å². The van der Waals surface area contributed by atoms with Gasteiger partial charge in [0.05, 0.1) is 0 Å². The number of rotatable bonds is 5. The monoisotopic (exact) mass is 267 g/mol. The Labute approximate surface area is 112 Å². The quantitative estimate of drug-likeness (QED) is 0.858. The third-order valence-corrected chi connectivity index (χ3v) is 4.86. The molecule has 1 saturated carbocycles. The fourth-order valence-electron chi connectivity index (χ4n) is 2.73. The van der Waals surface area contributed by atoms with E-state index in [1.54, 1.807) is 0 Å². The maximum absolute atomic E-state index is 11.0. The molecular formula is C14H21NO2S. The second kappa shape index (κ2) is 6.34. The number of carbonyl (C=O) groups is 1. The SMILES string of the molecule is C[C@H](NCc1ccsc1C(=O)O)C1CCCCC1. The molecule has 2 N–H and O–H groups in total. The Balaban J connectivity index is 1.86. The number of thiophene rings is 1. The van der Waals surface area contributed by atoms with Crippen LogP contribution in [-0.2, 0) is 6.54 Å². The van der Waals surface area contributed by atoms with Gasteiger partial charge >= 0.3 is 5.97 Å². The molecule has 1 fully saturated rings. The van der Waals surface area contributed by atoms with E-state index in [4.69, 9.17) is 5.11 Å². The van der Waals surface area contributed by atoms with E-state index in [0.717, 1.165) is 11.5 Å². The Morgan fingerprint density at radius 1 is 1.50 bits per heavy atom. The van der Waals surface area contributed by atoms with Crippen LogP contribution in [0.15, 0.2) is 11.4 Å². The van der Waals surface area contributed by atoms with E-state index in [2.05, 4.69) is 12.2 Å². The number of aromatic carboxylic acids is 1. The zero-order valence-corrected chi connectivity index (χ0v) is 11.6. The lowest BCUT2D eigenvalue weighted by atomic mass is 9.84. The number of hydrogen-bond donors (Lipinski definition) is 2. The van der Waals surface area contributed by atoms with Crippen LogP contribution in [-0.4, -0.2) is 17.1 Å². The van der Waals surface area contributed by atoms with Crippen molar-refractivity contribution in [1.29, 1.82) is 0 Å². The molecule has 2 rings (SSSR count). The van der Waals surface area contributed by atoms with Crippen LogP contribution in [0.2, 0.25) is 0 Å². The Bertz CT molecular complexity index is 396. The van der Waals surface area contributed by atoms with Gasteiger partial charge in [-0.15, -0.1) is 11.3 Å². The molecule has 1 atom stereocenters. The third-order valence-electron chi connectivity index (χ3n) is 3.91. The van der Waals surface area contributed by atoms with Crippen molar-refractivity contribution in [3.8, 4) is 0 Å². The lowest BCUT2D eigenvalue weighted by Crippen LogP contribution is -2.34. The van der Waals surface area contributed by atoms with Crippen molar-refractivity contribution in [3.63, 3.8) is 0 Å². The van der Waals surface area contributed by atoms with E-state index in [1.165, 1.54) is 43.4 Å². The molecule has 1 heterocycles. The number of carboxylic acids is 1. The summed E-state index contributed by atoms with van der Waals surface area (Å²) in [5.74, 6) is -0.0576. The minimum absolute atomic E-state index is 0.471. The summed E-state index contributed by atoms with van der Waals surface area (Å²) in [6.07, 6.45) is 6.68. The molecule has 1 aliphatic rings. The Hall–Kier alpha value is -0.870. The van der Waals surface area contributed by atoms with E-state index < -0.39 is 5.97 Å². The van der Waals surface area contributed by atoms with E-state index in [-0.39, 0.29) is 0 Å². The molecule has 0 unspecified atom stereocenters. The third kappa shape index (κ3) is 3.33. The molecule has 0 aliphatic heterocycles. The maximum Gasteiger partial charge on any atom is 0.346 e. The van der Waals surface area contributed by atoms with Crippen molar-refractivity contribution in [2.75, 3.05) is 0 Å². The highest BCUT2D eigenvalue weighted by Gasteiger charge is 2.20. The highest BCUT2D eigenvalue weighted by Crippen LogP contribution is 2.26. The van der Waals surface area contributed by atoms with Crippen LogP contribution in [0.5, 0.6) is 0 Å². The van der Waals surface area contributed by atoms with Crippen LogP contribution in [0.25, 0.3) is 0 Å². The lowest BCUT2D eigenvalue weighted by Gasteiger charge is -2.28. The van der Waals surface area contributed by atoms with Crippen molar-refractivity contribution in [3.05, 3.63) is 21.9 Å². The zero-order chi connectivity index (χ0) is 13.0. The highest BCUT2D eigenvalue weighted by atomic mass is 32.1. The molecule has 1 aliphatic carbocycles. The second-order valence-electron chi connectivity index (χ2n) is 5.15. The molecule has 3 nitrogen and oxygen atoms in total. The minimum atomic E-state index is -0.813. The summed E-state index contributed by atoms with van der Waals surface area (Å²) >= 11 is 1.31. The predicted octanol–water partition coefficient (Wildman–Crippen LogP) is 3.50. The van der Waals surface area contributed by atoms with E-state index in [1.807, 2.05) is 11.4 Å². The summed E-state index contributed by atoms with van der Waals surface area (Å²) in [7, 11) is 0. The Morgan fingerprint density at radius 2 is 2.22 bits per heavy atom. The molecule has 0 amide bonds. The van der Waals surface area contributed by atoms with Crippen molar-refractivity contribution in [1.82, 2.24) is 5.32 Å². The van der Waals surface area contributed by atoms with Gasteiger partial charge in [0.25, 0.3) is 0 Å².